The Labute approximate surface area is 140 Å². The maximum atomic E-state index is 12.4. The Balaban J connectivity index is 1.47. The van der Waals surface area contributed by atoms with Crippen molar-refractivity contribution in [2.75, 3.05) is 13.1 Å². The summed E-state index contributed by atoms with van der Waals surface area (Å²) in [5.41, 5.74) is 0. The molecule has 2 aliphatic rings. The molecule has 3 rings (SSSR count). The first kappa shape index (κ1) is 16.4. The van der Waals surface area contributed by atoms with Crippen LogP contribution in [0.15, 0.2) is 0 Å². The molecule has 2 amide bonds. The third kappa shape index (κ3) is 4.07. The third-order valence-corrected chi connectivity index (χ3v) is 5.68. The average molecular weight is 336 g/mol. The van der Waals surface area contributed by atoms with Crippen molar-refractivity contribution in [2.45, 2.75) is 57.9 Å². The SMILES string of the molecule is Cc1nnc(CCNC(=O)[C@@H]2CCC(=O)N(C3CCCC3)C2)s1. The smallest absolute Gasteiger partial charge is 0.224 e. The Morgan fingerprint density at radius 1 is 1.30 bits per heavy atom. The lowest BCUT2D eigenvalue weighted by molar-refractivity contribution is -0.140. The van der Waals surface area contributed by atoms with Gasteiger partial charge in [-0.25, -0.2) is 0 Å². The van der Waals surface area contributed by atoms with Gasteiger partial charge in [-0.1, -0.05) is 12.8 Å². The second-order valence-electron chi connectivity index (χ2n) is 6.48. The van der Waals surface area contributed by atoms with Crippen molar-refractivity contribution in [1.82, 2.24) is 20.4 Å². The number of hydrogen-bond acceptors (Lipinski definition) is 5. The number of nitrogens with one attached hydrogen (secondary N) is 1. The molecule has 2 heterocycles. The maximum Gasteiger partial charge on any atom is 0.224 e. The van der Waals surface area contributed by atoms with Crippen LogP contribution >= 0.6 is 11.3 Å². The number of amides is 2. The van der Waals surface area contributed by atoms with E-state index >= 15 is 0 Å². The molecule has 126 valence electrons. The van der Waals surface area contributed by atoms with Gasteiger partial charge in [0.2, 0.25) is 11.8 Å². The number of piperidine rings is 1. The third-order valence-electron chi connectivity index (χ3n) is 4.79. The zero-order valence-electron chi connectivity index (χ0n) is 13.6. The molecule has 1 saturated heterocycles. The fourth-order valence-corrected chi connectivity index (χ4v) is 4.24. The van der Waals surface area contributed by atoms with Gasteiger partial charge in [-0.15, -0.1) is 21.5 Å². The summed E-state index contributed by atoms with van der Waals surface area (Å²) in [6, 6.07) is 0.363. The highest BCUT2D eigenvalue weighted by molar-refractivity contribution is 7.11. The van der Waals surface area contributed by atoms with Gasteiger partial charge in [0.1, 0.15) is 10.0 Å². The Morgan fingerprint density at radius 2 is 2.09 bits per heavy atom. The molecule has 0 aromatic carbocycles. The molecular formula is C16H24N4O2S. The lowest BCUT2D eigenvalue weighted by atomic mass is 9.95. The van der Waals surface area contributed by atoms with E-state index in [0.29, 0.717) is 32.0 Å². The van der Waals surface area contributed by atoms with Gasteiger partial charge < -0.3 is 10.2 Å². The number of aryl methyl sites for hydroxylation is 1. The summed E-state index contributed by atoms with van der Waals surface area (Å²) >= 11 is 1.57. The molecule has 1 aliphatic heterocycles. The van der Waals surface area contributed by atoms with E-state index in [-0.39, 0.29) is 17.7 Å². The fourth-order valence-electron chi connectivity index (χ4n) is 3.53. The highest BCUT2D eigenvalue weighted by Gasteiger charge is 2.34. The van der Waals surface area contributed by atoms with E-state index in [1.54, 1.807) is 11.3 Å². The first-order valence-electron chi connectivity index (χ1n) is 8.49. The van der Waals surface area contributed by atoms with Crippen molar-refractivity contribution in [1.29, 1.82) is 0 Å². The Hall–Kier alpha value is -1.50. The van der Waals surface area contributed by atoms with E-state index < -0.39 is 0 Å². The maximum absolute atomic E-state index is 12.4. The second kappa shape index (κ2) is 7.38. The Kier molecular flexibility index (Phi) is 5.25. The largest absolute Gasteiger partial charge is 0.355 e. The van der Waals surface area contributed by atoms with E-state index in [1.807, 2.05) is 11.8 Å². The summed E-state index contributed by atoms with van der Waals surface area (Å²) in [7, 11) is 0. The zero-order valence-corrected chi connectivity index (χ0v) is 14.4. The van der Waals surface area contributed by atoms with Crippen LogP contribution in [0.5, 0.6) is 0 Å². The van der Waals surface area contributed by atoms with E-state index in [0.717, 1.165) is 29.3 Å². The summed E-state index contributed by atoms with van der Waals surface area (Å²) < 4.78 is 0. The standard InChI is InChI=1S/C16H24N4O2S/c1-11-18-19-14(23-11)8-9-17-16(22)12-6-7-15(21)20(10-12)13-4-2-3-5-13/h12-13H,2-10H2,1H3,(H,17,22)/t12-/m1/s1. The lowest BCUT2D eigenvalue weighted by Crippen LogP contribution is -2.49. The lowest BCUT2D eigenvalue weighted by Gasteiger charge is -2.36. The van der Waals surface area contributed by atoms with E-state index in [1.165, 1.54) is 12.8 Å². The number of rotatable bonds is 5. The normalized spacial score (nSPS) is 22.6. The molecule has 6 nitrogen and oxygen atoms in total. The molecule has 0 radical (unpaired) electrons. The van der Waals surface area contributed by atoms with Gasteiger partial charge in [-0.05, 0) is 26.2 Å². The van der Waals surface area contributed by atoms with Crippen molar-refractivity contribution >= 4 is 23.2 Å². The van der Waals surface area contributed by atoms with E-state index in [9.17, 15) is 9.59 Å². The van der Waals surface area contributed by atoms with Crippen molar-refractivity contribution < 1.29 is 9.59 Å². The molecule has 0 unspecified atom stereocenters. The van der Waals surface area contributed by atoms with E-state index in [4.69, 9.17) is 0 Å². The molecule has 23 heavy (non-hydrogen) atoms. The highest BCUT2D eigenvalue weighted by Crippen LogP contribution is 2.28. The number of carbonyl (C=O) groups is 2. The Bertz CT molecular complexity index is 568. The van der Waals surface area contributed by atoms with Crippen LogP contribution in [0.2, 0.25) is 0 Å². The molecule has 0 bridgehead atoms. The minimum absolute atomic E-state index is 0.0653. The summed E-state index contributed by atoms with van der Waals surface area (Å²) in [5, 5.41) is 12.9. The summed E-state index contributed by atoms with van der Waals surface area (Å²) in [5.74, 6) is 0.233. The van der Waals surface area contributed by atoms with Gasteiger partial charge in [0, 0.05) is 32.0 Å². The predicted octanol–water partition coefficient (Wildman–Crippen LogP) is 1.69. The van der Waals surface area contributed by atoms with E-state index in [2.05, 4.69) is 15.5 Å². The first-order chi connectivity index (χ1) is 11.1. The second-order valence-corrected chi connectivity index (χ2v) is 7.74. The van der Waals surface area contributed by atoms with Gasteiger partial charge in [0.15, 0.2) is 0 Å². The molecule has 1 aromatic rings. The number of carbonyl (C=O) groups excluding carboxylic acids is 2. The monoisotopic (exact) mass is 336 g/mol. The average Bonchev–Trinajstić information content (AvgIpc) is 3.19. The minimum atomic E-state index is -0.0653. The van der Waals surface area contributed by atoms with Crippen LogP contribution in [0.3, 0.4) is 0 Å². The molecule has 1 aliphatic carbocycles. The van der Waals surface area contributed by atoms with Gasteiger partial charge in [0.25, 0.3) is 0 Å². The van der Waals surface area contributed by atoms with Gasteiger partial charge in [-0.2, -0.15) is 0 Å². The van der Waals surface area contributed by atoms with Crippen molar-refractivity contribution in [3.05, 3.63) is 10.0 Å². The molecule has 1 N–H and O–H groups in total. The van der Waals surface area contributed by atoms with Crippen LogP contribution in [-0.4, -0.2) is 46.0 Å². The van der Waals surface area contributed by atoms with Gasteiger partial charge >= 0.3 is 0 Å². The van der Waals surface area contributed by atoms with Crippen LogP contribution in [0.25, 0.3) is 0 Å². The molecule has 1 saturated carbocycles. The number of hydrogen-bond donors (Lipinski definition) is 1. The quantitative estimate of drug-likeness (QED) is 0.888. The van der Waals surface area contributed by atoms with Gasteiger partial charge in [0.05, 0.1) is 5.92 Å². The Morgan fingerprint density at radius 3 is 2.78 bits per heavy atom. The fraction of sp³-hybridized carbons (Fsp3) is 0.750. The topological polar surface area (TPSA) is 75.2 Å². The van der Waals surface area contributed by atoms with Crippen LogP contribution in [0.4, 0.5) is 0 Å². The molecule has 0 spiro atoms. The number of aromatic nitrogens is 2. The summed E-state index contributed by atoms with van der Waals surface area (Å²) in [4.78, 5) is 26.5. The van der Waals surface area contributed by atoms with Crippen molar-refractivity contribution in [3.8, 4) is 0 Å². The molecule has 7 heteroatoms. The van der Waals surface area contributed by atoms with Crippen LogP contribution < -0.4 is 5.32 Å². The highest BCUT2D eigenvalue weighted by atomic mass is 32.1. The first-order valence-corrected chi connectivity index (χ1v) is 9.31. The number of nitrogens with zero attached hydrogens (tertiary/aromatic N) is 3. The molecular weight excluding hydrogens is 312 g/mol. The summed E-state index contributed by atoms with van der Waals surface area (Å²) in [6.45, 7) is 3.10. The molecule has 1 atom stereocenters. The molecule has 1 aromatic heterocycles. The van der Waals surface area contributed by atoms with Crippen LogP contribution in [0, 0.1) is 12.8 Å². The van der Waals surface area contributed by atoms with Crippen LogP contribution in [0.1, 0.15) is 48.5 Å². The number of likely N-dealkylation sites (tertiary alicyclic amines) is 1. The van der Waals surface area contributed by atoms with Crippen molar-refractivity contribution in [3.63, 3.8) is 0 Å². The minimum Gasteiger partial charge on any atom is -0.355 e. The van der Waals surface area contributed by atoms with Crippen LogP contribution in [-0.2, 0) is 16.0 Å². The van der Waals surface area contributed by atoms with Crippen molar-refractivity contribution in [2.24, 2.45) is 5.92 Å². The zero-order chi connectivity index (χ0) is 16.2. The van der Waals surface area contributed by atoms with Gasteiger partial charge in [-0.3, -0.25) is 9.59 Å². The predicted molar refractivity (Wildman–Crippen MR) is 88.1 cm³/mol. The molecule has 2 fully saturated rings. The summed E-state index contributed by atoms with van der Waals surface area (Å²) in [6.07, 6.45) is 6.48.